The number of fused-ring (bicyclic) bond motifs is 2. The zero-order valence-electron chi connectivity index (χ0n) is 41.7. The minimum absolute atomic E-state index is 0.110. The van der Waals surface area contributed by atoms with Crippen molar-refractivity contribution < 1.29 is 109 Å². The summed E-state index contributed by atoms with van der Waals surface area (Å²) < 4.78 is 196. The van der Waals surface area contributed by atoms with Crippen LogP contribution in [0, 0.1) is 0 Å². The molecule has 4 heterocycles. The average Bonchev–Trinajstić information content (AvgIpc) is 3.83. The first-order valence-corrected chi connectivity index (χ1v) is 25.1. The van der Waals surface area contributed by atoms with E-state index in [1.807, 2.05) is 0 Å². The number of pyridine rings is 2. The molecule has 82 heavy (non-hydrogen) atoms. The molecule has 2 aromatic heterocycles. The fraction of sp³-hybridized carbons (Fsp3) is 0.208. The molecule has 0 N–H and O–H groups in total. The van der Waals surface area contributed by atoms with Crippen molar-refractivity contribution in [3.63, 3.8) is 0 Å². The second kappa shape index (κ2) is 26.3. The van der Waals surface area contributed by atoms with Crippen LogP contribution in [0.1, 0.15) is 63.7 Å². The van der Waals surface area contributed by atoms with Gasteiger partial charge in [-0.15, -0.1) is 0 Å². The molecule has 0 radical (unpaired) electrons. The molecule has 34 heteroatoms. The van der Waals surface area contributed by atoms with Gasteiger partial charge in [-0.05, 0) is 45.9 Å². The second-order valence-corrected chi connectivity index (χ2v) is 21.0. The van der Waals surface area contributed by atoms with Crippen LogP contribution in [0.5, 0.6) is 0 Å². The minimum Gasteiger partial charge on any atom is -0.612 e. The molecular formula is C48H36B2Cl6F12N4O10. The highest BCUT2D eigenvalue weighted by molar-refractivity contribution is 6.79. The quantitative estimate of drug-likeness (QED) is 0.0621. The SMILES string of the molecule is CN(C)c1cc[n+](O[B-]2(c3cc(C(F)(F)F)cc(C(F)(F)F)c3)OC(=O)c3ccccc3C(=O)O2)cc1.CN(C)c1cc[n+](O[B-]2(c3cc(C(F)(F)F)cc(C(F)(F)F)c3)OC(=O)c3ccccc3C(=O)O2)cc1.ClC(Cl)Cl.ClC(Cl)Cl. The summed E-state index contributed by atoms with van der Waals surface area (Å²) in [4.78, 5) is 55.2. The number of carbonyl (C=O) groups excluding carboxylic acids is 4. The Morgan fingerprint density at radius 2 is 0.610 bits per heavy atom. The van der Waals surface area contributed by atoms with E-state index in [4.69, 9.17) is 97.7 Å². The Kier molecular flexibility index (Phi) is 21.2. The molecule has 0 spiro atoms. The first kappa shape index (κ1) is 66.1. The van der Waals surface area contributed by atoms with Crippen LogP contribution in [0.4, 0.5) is 64.1 Å². The highest BCUT2D eigenvalue weighted by Crippen LogP contribution is 2.38. The van der Waals surface area contributed by atoms with E-state index in [1.165, 1.54) is 97.6 Å². The van der Waals surface area contributed by atoms with E-state index in [-0.39, 0.29) is 58.7 Å². The van der Waals surface area contributed by atoms with Gasteiger partial charge in [0.15, 0.2) is 8.59 Å². The van der Waals surface area contributed by atoms with Crippen molar-refractivity contribution in [1.29, 1.82) is 0 Å². The van der Waals surface area contributed by atoms with Crippen LogP contribution < -0.4 is 39.7 Å². The van der Waals surface area contributed by atoms with Crippen LogP contribution in [0.25, 0.3) is 0 Å². The van der Waals surface area contributed by atoms with E-state index in [0.29, 0.717) is 11.4 Å². The molecule has 2 aliphatic rings. The number of hydrogen-bond acceptors (Lipinski definition) is 12. The largest absolute Gasteiger partial charge is 0.638 e. The lowest BCUT2D eigenvalue weighted by Crippen LogP contribution is -2.70. The summed E-state index contributed by atoms with van der Waals surface area (Å²) in [6.45, 7) is -8.15. The molecule has 0 saturated carbocycles. The number of aromatic nitrogens is 2. The molecule has 0 atom stereocenters. The maximum absolute atomic E-state index is 13.6. The predicted molar refractivity (Wildman–Crippen MR) is 276 cm³/mol. The van der Waals surface area contributed by atoms with Gasteiger partial charge in [0, 0.05) is 63.8 Å². The fourth-order valence-corrected chi connectivity index (χ4v) is 7.26. The molecule has 0 fully saturated rings. The van der Waals surface area contributed by atoms with Crippen LogP contribution in [0.3, 0.4) is 0 Å². The molecule has 8 rings (SSSR count). The Hall–Kier alpha value is -6.71. The van der Waals surface area contributed by atoms with Gasteiger partial charge in [-0.3, -0.25) is 19.2 Å². The Balaban J connectivity index is 0.000000266. The fourth-order valence-electron chi connectivity index (χ4n) is 7.26. The summed E-state index contributed by atoms with van der Waals surface area (Å²) >= 11 is 28.8. The molecule has 0 unspecified atom stereocenters. The van der Waals surface area contributed by atoms with Gasteiger partial charge in [0.05, 0.1) is 44.5 Å². The van der Waals surface area contributed by atoms with Gasteiger partial charge < -0.3 is 37.9 Å². The average molecular weight is 1290 g/mol. The maximum atomic E-state index is 13.6. The van der Waals surface area contributed by atoms with Gasteiger partial charge in [-0.25, -0.2) is 0 Å². The van der Waals surface area contributed by atoms with Crippen molar-refractivity contribution in [2.75, 3.05) is 38.0 Å². The molecule has 0 amide bonds. The summed E-state index contributed by atoms with van der Waals surface area (Å²) in [6, 6.07) is 17.2. The predicted octanol–water partition coefficient (Wildman–Crippen LogP) is 10.7. The second-order valence-electron chi connectivity index (χ2n) is 17.0. The minimum atomic E-state index is -5.23. The summed E-state index contributed by atoms with van der Waals surface area (Å²) in [7, 11) is 6.89. The maximum Gasteiger partial charge on any atom is 0.638 e. The van der Waals surface area contributed by atoms with Crippen LogP contribution >= 0.6 is 69.6 Å². The third-order valence-corrected chi connectivity index (χ3v) is 10.9. The zero-order valence-corrected chi connectivity index (χ0v) is 46.2. The van der Waals surface area contributed by atoms with E-state index in [2.05, 4.69) is 0 Å². The van der Waals surface area contributed by atoms with Crippen molar-refractivity contribution in [3.8, 4) is 0 Å². The van der Waals surface area contributed by atoms with Gasteiger partial charge >= 0.3 is 38.2 Å². The zero-order chi connectivity index (χ0) is 61.5. The van der Waals surface area contributed by atoms with Crippen molar-refractivity contribution in [1.82, 2.24) is 0 Å². The third-order valence-electron chi connectivity index (χ3n) is 10.9. The molecule has 4 aromatic carbocycles. The Labute approximate surface area is 486 Å². The molecule has 440 valence electrons. The number of benzene rings is 4. The molecule has 0 saturated heterocycles. The Morgan fingerprint density at radius 3 is 0.793 bits per heavy atom. The van der Waals surface area contributed by atoms with Crippen LogP contribution in [0.2, 0.25) is 0 Å². The third kappa shape index (κ3) is 17.2. The summed E-state index contributed by atoms with van der Waals surface area (Å²) in [5.41, 5.74) is -8.75. The molecule has 0 aliphatic carbocycles. The van der Waals surface area contributed by atoms with Crippen molar-refractivity contribution in [2.24, 2.45) is 0 Å². The highest BCUT2D eigenvalue weighted by atomic mass is 35.6. The van der Waals surface area contributed by atoms with Crippen molar-refractivity contribution >= 4 is 129 Å². The van der Waals surface area contributed by atoms with Crippen LogP contribution in [-0.2, 0) is 43.3 Å². The van der Waals surface area contributed by atoms with Gasteiger partial charge in [-0.1, -0.05) is 129 Å². The van der Waals surface area contributed by atoms with E-state index in [9.17, 15) is 71.9 Å². The number of anilines is 2. The lowest BCUT2D eigenvalue weighted by molar-refractivity contribution is -0.867. The number of alkyl halides is 18. The smallest absolute Gasteiger partial charge is 0.612 e. The lowest BCUT2D eigenvalue weighted by atomic mass is 9.68. The van der Waals surface area contributed by atoms with Gasteiger partial charge in [0.1, 0.15) is 0 Å². The number of rotatable bonds is 8. The highest BCUT2D eigenvalue weighted by Gasteiger charge is 2.53. The first-order valence-electron chi connectivity index (χ1n) is 22.4. The lowest BCUT2D eigenvalue weighted by Gasteiger charge is -2.35. The molecule has 14 nitrogen and oxygen atoms in total. The van der Waals surface area contributed by atoms with Gasteiger partial charge in [0.2, 0.25) is 24.8 Å². The number of hydrogen-bond donors (Lipinski definition) is 0. The molecule has 2 aliphatic heterocycles. The van der Waals surface area contributed by atoms with Gasteiger partial charge in [-0.2, -0.15) is 52.7 Å². The number of nitrogens with zero attached hydrogens (tertiary/aromatic N) is 4. The number of carbonyl (C=O) groups is 4. The molecule has 0 bridgehead atoms. The first-order chi connectivity index (χ1) is 37.9. The summed E-state index contributed by atoms with van der Waals surface area (Å²) in [6.07, 6.45) is -15.9. The Bertz CT molecular complexity index is 2910. The van der Waals surface area contributed by atoms with E-state index in [1.54, 1.807) is 38.0 Å². The van der Waals surface area contributed by atoms with E-state index < -0.39 is 104 Å². The Morgan fingerprint density at radius 1 is 0.402 bits per heavy atom. The van der Waals surface area contributed by atoms with Crippen LogP contribution in [-0.4, -0.2) is 74.2 Å². The summed E-state index contributed by atoms with van der Waals surface area (Å²) in [5.74, 6) is -5.01. The molecule has 6 aromatic rings. The van der Waals surface area contributed by atoms with Gasteiger partial charge in [0.25, 0.3) is 23.9 Å². The van der Waals surface area contributed by atoms with Crippen LogP contribution in [0.15, 0.2) is 134 Å². The standard InChI is InChI=1S/2C23H17BF6N2O5.2CHCl3/c2*1-31(2)17-7-9-32(10-8-17)37-24(35-20(33)18-5-3-4-6-19(18)21(34)36-24)16-12-14(22(25,26)27)11-15(13-16)23(28,29)30;2*2-1(3)4/h2*3-13H,1-2H3;2*1H. The molecular weight excluding hydrogens is 1250 g/mol. The van der Waals surface area contributed by atoms with E-state index in [0.717, 1.165) is 9.46 Å². The summed E-state index contributed by atoms with van der Waals surface area (Å²) in [5, 5.41) is 0. The monoisotopic (exact) mass is 1290 g/mol. The number of halogens is 18. The van der Waals surface area contributed by atoms with Crippen molar-refractivity contribution in [2.45, 2.75) is 33.3 Å². The van der Waals surface area contributed by atoms with Crippen molar-refractivity contribution in [3.05, 3.63) is 178 Å². The topological polar surface area (TPSA) is 138 Å². The normalized spacial score (nSPS) is 14.6. The van der Waals surface area contributed by atoms with E-state index >= 15 is 0 Å².